The van der Waals surface area contributed by atoms with Gasteiger partial charge < -0.3 is 10.6 Å². The van der Waals surface area contributed by atoms with Crippen molar-refractivity contribution in [3.8, 4) is 6.07 Å². The van der Waals surface area contributed by atoms with E-state index in [0.717, 1.165) is 17.5 Å². The van der Waals surface area contributed by atoms with Crippen molar-refractivity contribution in [3.05, 3.63) is 51.3 Å². The number of non-ortho nitro benzene ring substituents is 1. The molecule has 2 N–H and O–H groups in total. The van der Waals surface area contributed by atoms with Crippen molar-refractivity contribution < 1.29 is 4.92 Å². The van der Waals surface area contributed by atoms with Crippen LogP contribution in [0.25, 0.3) is 0 Å². The van der Waals surface area contributed by atoms with Crippen LogP contribution in [0.4, 0.5) is 5.69 Å². The molecule has 7 nitrogen and oxygen atoms in total. The second kappa shape index (κ2) is 5.10. The average molecular weight is 301 g/mol. The Morgan fingerprint density at radius 3 is 3.10 bits per heavy atom. The number of amidine groups is 1. The normalized spacial score (nSPS) is 20.8. The van der Waals surface area contributed by atoms with Crippen molar-refractivity contribution in [1.29, 1.82) is 5.26 Å². The summed E-state index contributed by atoms with van der Waals surface area (Å²) >= 11 is 1.57. The van der Waals surface area contributed by atoms with Crippen LogP contribution in [0.15, 0.2) is 40.7 Å². The van der Waals surface area contributed by atoms with Gasteiger partial charge in [-0.05, 0) is 5.56 Å². The maximum atomic E-state index is 10.9. The fraction of sp³-hybridized carbons (Fsp3) is 0.231. The van der Waals surface area contributed by atoms with Gasteiger partial charge in [0.2, 0.25) is 0 Å². The number of benzene rings is 1. The van der Waals surface area contributed by atoms with Gasteiger partial charge in [0, 0.05) is 24.4 Å². The molecule has 21 heavy (non-hydrogen) atoms. The summed E-state index contributed by atoms with van der Waals surface area (Å²) in [5.41, 5.74) is 6.88. The first-order chi connectivity index (χ1) is 10.1. The van der Waals surface area contributed by atoms with Crippen molar-refractivity contribution in [3.63, 3.8) is 0 Å². The standard InChI is InChI=1S/C13H11N5O2S/c14-7-10-11(8-2-1-3-9(6-8)18(19)20)17-4-5-21-13(17)16-12(10)15/h1-3,6,11H,4-5,15H2. The molecule has 1 aromatic carbocycles. The van der Waals surface area contributed by atoms with Crippen LogP contribution in [0.3, 0.4) is 0 Å². The Morgan fingerprint density at radius 2 is 2.38 bits per heavy atom. The first-order valence-electron chi connectivity index (χ1n) is 6.24. The van der Waals surface area contributed by atoms with Gasteiger partial charge in [-0.2, -0.15) is 5.26 Å². The van der Waals surface area contributed by atoms with E-state index in [0.29, 0.717) is 11.1 Å². The molecule has 0 radical (unpaired) electrons. The molecule has 0 saturated carbocycles. The van der Waals surface area contributed by atoms with Crippen LogP contribution in [0.1, 0.15) is 11.6 Å². The minimum atomic E-state index is -0.445. The SMILES string of the molecule is N#CC1=C(N)N=C2SCCN2C1c1cccc([N+](=O)[O-])c1. The maximum absolute atomic E-state index is 10.9. The molecule has 1 unspecified atom stereocenters. The van der Waals surface area contributed by atoms with Crippen LogP contribution >= 0.6 is 11.8 Å². The van der Waals surface area contributed by atoms with E-state index < -0.39 is 11.0 Å². The van der Waals surface area contributed by atoms with Gasteiger partial charge in [-0.1, -0.05) is 23.9 Å². The van der Waals surface area contributed by atoms with E-state index in [1.165, 1.54) is 12.1 Å². The third-order valence-corrected chi connectivity index (χ3v) is 4.37. The second-order valence-corrected chi connectivity index (χ2v) is 5.66. The van der Waals surface area contributed by atoms with Gasteiger partial charge in [-0.3, -0.25) is 10.1 Å². The Labute approximate surface area is 124 Å². The minimum absolute atomic E-state index is 0.000673. The zero-order valence-corrected chi connectivity index (χ0v) is 11.7. The summed E-state index contributed by atoms with van der Waals surface area (Å²) in [5, 5.41) is 21.1. The molecule has 0 aromatic heterocycles. The fourth-order valence-electron chi connectivity index (χ4n) is 2.48. The van der Waals surface area contributed by atoms with Gasteiger partial charge in [-0.25, -0.2) is 4.99 Å². The number of aliphatic imine (C=N–C) groups is 1. The molecule has 1 atom stereocenters. The van der Waals surface area contributed by atoms with Crippen LogP contribution in [-0.2, 0) is 0 Å². The molecule has 0 bridgehead atoms. The Hall–Kier alpha value is -2.53. The first-order valence-corrected chi connectivity index (χ1v) is 7.22. The number of hydrogen-bond donors (Lipinski definition) is 1. The van der Waals surface area contributed by atoms with Gasteiger partial charge in [-0.15, -0.1) is 0 Å². The lowest BCUT2D eigenvalue weighted by atomic mass is 9.96. The summed E-state index contributed by atoms with van der Waals surface area (Å²) < 4.78 is 0. The Kier molecular flexibility index (Phi) is 3.27. The number of thioether (sulfide) groups is 1. The molecule has 2 aliphatic heterocycles. The lowest BCUT2D eigenvalue weighted by Gasteiger charge is -2.32. The molecule has 0 amide bonds. The van der Waals surface area contributed by atoms with E-state index in [-0.39, 0.29) is 11.5 Å². The minimum Gasteiger partial charge on any atom is -0.383 e. The third kappa shape index (κ3) is 2.21. The number of nitrogens with two attached hydrogens (primary N) is 1. The summed E-state index contributed by atoms with van der Waals surface area (Å²) in [6, 6.07) is 7.99. The summed E-state index contributed by atoms with van der Waals surface area (Å²) in [4.78, 5) is 16.7. The highest BCUT2D eigenvalue weighted by Gasteiger charge is 2.36. The number of nitro groups is 1. The predicted molar refractivity (Wildman–Crippen MR) is 79.3 cm³/mol. The monoisotopic (exact) mass is 301 g/mol. The molecular weight excluding hydrogens is 290 g/mol. The third-order valence-electron chi connectivity index (χ3n) is 3.40. The smallest absolute Gasteiger partial charge is 0.269 e. The van der Waals surface area contributed by atoms with Crippen LogP contribution in [0.2, 0.25) is 0 Å². The highest BCUT2D eigenvalue weighted by molar-refractivity contribution is 8.14. The lowest BCUT2D eigenvalue weighted by molar-refractivity contribution is -0.384. The number of nitrogens with zero attached hydrogens (tertiary/aromatic N) is 4. The van der Waals surface area contributed by atoms with Gasteiger partial charge in [0.05, 0.1) is 16.5 Å². The van der Waals surface area contributed by atoms with Crippen LogP contribution in [0.5, 0.6) is 0 Å². The summed E-state index contributed by atoms with van der Waals surface area (Å²) in [5.74, 6) is 1.05. The molecule has 1 aromatic rings. The Morgan fingerprint density at radius 1 is 1.57 bits per heavy atom. The van der Waals surface area contributed by atoms with Crippen molar-refractivity contribution in [2.75, 3.05) is 12.3 Å². The molecule has 0 aliphatic carbocycles. The summed E-state index contributed by atoms with van der Waals surface area (Å²) in [7, 11) is 0. The molecule has 8 heteroatoms. The van der Waals surface area contributed by atoms with Crippen molar-refractivity contribution in [2.45, 2.75) is 6.04 Å². The molecule has 1 fully saturated rings. The van der Waals surface area contributed by atoms with E-state index in [1.807, 2.05) is 4.90 Å². The molecular formula is C13H11N5O2S. The number of nitro benzene ring substituents is 1. The molecule has 106 valence electrons. The van der Waals surface area contributed by atoms with E-state index >= 15 is 0 Å². The number of fused-ring (bicyclic) bond motifs is 1. The average Bonchev–Trinajstić information content (AvgIpc) is 2.93. The molecule has 1 saturated heterocycles. The van der Waals surface area contributed by atoms with Crippen LogP contribution in [0, 0.1) is 21.4 Å². The fourth-order valence-corrected chi connectivity index (χ4v) is 3.48. The lowest BCUT2D eigenvalue weighted by Crippen LogP contribution is -2.35. The molecule has 3 rings (SSSR count). The van der Waals surface area contributed by atoms with E-state index in [4.69, 9.17) is 5.73 Å². The van der Waals surface area contributed by atoms with Crippen molar-refractivity contribution in [2.24, 2.45) is 10.7 Å². The highest BCUT2D eigenvalue weighted by Crippen LogP contribution is 2.39. The summed E-state index contributed by atoms with van der Waals surface area (Å²) in [6.07, 6.45) is 0. The second-order valence-electron chi connectivity index (χ2n) is 4.60. The zero-order chi connectivity index (χ0) is 15.0. The first kappa shape index (κ1) is 13.5. The predicted octanol–water partition coefficient (Wildman–Crippen LogP) is 1.75. The van der Waals surface area contributed by atoms with Crippen LogP contribution < -0.4 is 5.73 Å². The largest absolute Gasteiger partial charge is 0.383 e. The summed E-state index contributed by atoms with van der Waals surface area (Å²) in [6.45, 7) is 0.731. The number of rotatable bonds is 2. The maximum Gasteiger partial charge on any atom is 0.269 e. The van der Waals surface area contributed by atoms with E-state index in [1.54, 1.807) is 23.9 Å². The van der Waals surface area contributed by atoms with Crippen LogP contribution in [-0.4, -0.2) is 27.3 Å². The number of nitriles is 1. The van der Waals surface area contributed by atoms with E-state index in [2.05, 4.69) is 11.1 Å². The van der Waals surface area contributed by atoms with Crippen molar-refractivity contribution in [1.82, 2.24) is 4.90 Å². The van der Waals surface area contributed by atoms with E-state index in [9.17, 15) is 15.4 Å². The Bertz CT molecular complexity index is 722. The zero-order valence-electron chi connectivity index (χ0n) is 10.9. The molecule has 0 spiro atoms. The Balaban J connectivity index is 2.11. The topological polar surface area (TPSA) is 109 Å². The number of hydrogen-bond acceptors (Lipinski definition) is 7. The van der Waals surface area contributed by atoms with Gasteiger partial charge in [0.25, 0.3) is 5.69 Å². The molecule has 2 aliphatic rings. The van der Waals surface area contributed by atoms with Gasteiger partial charge >= 0.3 is 0 Å². The quantitative estimate of drug-likeness (QED) is 0.658. The van der Waals surface area contributed by atoms with Gasteiger partial charge in [0.1, 0.15) is 11.9 Å². The molecule has 2 heterocycles. The van der Waals surface area contributed by atoms with Crippen molar-refractivity contribution >= 4 is 22.6 Å². The highest BCUT2D eigenvalue weighted by atomic mass is 32.2. The van der Waals surface area contributed by atoms with Gasteiger partial charge in [0.15, 0.2) is 5.17 Å².